The number of ketones is 2. The monoisotopic (exact) mass is 438 g/mol. The zero-order valence-corrected chi connectivity index (χ0v) is 17.2. The lowest BCUT2D eigenvalue weighted by Gasteiger charge is -2.24. The van der Waals surface area contributed by atoms with Crippen molar-refractivity contribution < 1.29 is 9.59 Å². The molecule has 2 aromatic heterocycles. The van der Waals surface area contributed by atoms with Crippen LogP contribution in [0, 0.1) is 0 Å². The van der Waals surface area contributed by atoms with Gasteiger partial charge in [0.15, 0.2) is 11.6 Å². The number of hydrogen-bond donors (Lipinski definition) is 0. The van der Waals surface area contributed by atoms with Crippen LogP contribution >= 0.6 is 23.2 Å². The zero-order chi connectivity index (χ0) is 21.1. The number of alkyl halides is 1. The summed E-state index contributed by atoms with van der Waals surface area (Å²) in [5.41, 5.74) is 2.69. The fourth-order valence-corrected chi connectivity index (χ4v) is 3.56. The molecule has 2 unspecified atom stereocenters. The van der Waals surface area contributed by atoms with Gasteiger partial charge in [0, 0.05) is 47.4 Å². The number of pyridine rings is 2. The Morgan fingerprint density at radius 3 is 2.17 bits per heavy atom. The van der Waals surface area contributed by atoms with Crippen LogP contribution in [0.1, 0.15) is 33.6 Å². The minimum absolute atomic E-state index is 0.0385. The first kappa shape index (κ1) is 20.3. The van der Waals surface area contributed by atoms with Crippen molar-refractivity contribution in [3.8, 4) is 0 Å². The van der Waals surface area contributed by atoms with Crippen LogP contribution in [0.15, 0.2) is 81.9 Å². The number of rotatable bonds is 6. The molecule has 0 amide bonds. The van der Waals surface area contributed by atoms with E-state index in [1.54, 1.807) is 61.2 Å². The Kier molecular flexibility index (Phi) is 5.97. The minimum atomic E-state index is -0.573. The Morgan fingerprint density at radius 2 is 1.53 bits per heavy atom. The van der Waals surface area contributed by atoms with Crippen molar-refractivity contribution in [1.29, 1.82) is 0 Å². The summed E-state index contributed by atoms with van der Waals surface area (Å²) in [5, 5.41) is -0.0681. The number of hydrogen-bond acceptors (Lipinski definition) is 6. The molecule has 8 heteroatoms. The molecule has 4 rings (SSSR count). The van der Waals surface area contributed by atoms with E-state index in [4.69, 9.17) is 23.2 Å². The van der Waals surface area contributed by atoms with Gasteiger partial charge in [-0.1, -0.05) is 11.6 Å². The van der Waals surface area contributed by atoms with Crippen molar-refractivity contribution in [3.63, 3.8) is 0 Å². The largest absolute Gasteiger partial charge is 0.294 e. The van der Waals surface area contributed by atoms with E-state index < -0.39 is 11.4 Å². The highest BCUT2D eigenvalue weighted by Crippen LogP contribution is 2.29. The molecule has 30 heavy (non-hydrogen) atoms. The molecule has 2 aliphatic rings. The van der Waals surface area contributed by atoms with Gasteiger partial charge in [-0.3, -0.25) is 29.5 Å². The van der Waals surface area contributed by atoms with Crippen molar-refractivity contribution in [2.75, 3.05) is 0 Å². The average Bonchev–Trinajstić information content (AvgIpc) is 2.76. The maximum absolute atomic E-state index is 12.8. The van der Waals surface area contributed by atoms with Gasteiger partial charge in [0.25, 0.3) is 0 Å². The van der Waals surface area contributed by atoms with Crippen molar-refractivity contribution in [2.45, 2.75) is 24.3 Å². The second-order valence-corrected chi connectivity index (χ2v) is 7.72. The molecule has 0 saturated carbocycles. The van der Waals surface area contributed by atoms with Crippen LogP contribution in [-0.2, 0) is 0 Å². The first-order valence-electron chi connectivity index (χ1n) is 9.26. The number of aliphatic imine (C=N–C) groups is 2. The molecular formula is C22H16Cl2N4O2. The summed E-state index contributed by atoms with van der Waals surface area (Å²) in [6.45, 7) is 0. The summed E-state index contributed by atoms with van der Waals surface area (Å²) in [4.78, 5) is 42.7. The van der Waals surface area contributed by atoms with Gasteiger partial charge in [0.1, 0.15) is 0 Å². The maximum Gasteiger partial charge on any atom is 0.168 e. The molecule has 2 aromatic rings. The van der Waals surface area contributed by atoms with Gasteiger partial charge in [-0.15, -0.1) is 11.6 Å². The molecule has 150 valence electrons. The maximum atomic E-state index is 12.8. The Labute approximate surface area is 183 Å². The molecule has 0 fully saturated rings. The van der Waals surface area contributed by atoms with Gasteiger partial charge in [0.2, 0.25) is 0 Å². The topological polar surface area (TPSA) is 84.6 Å². The summed E-state index contributed by atoms with van der Waals surface area (Å²) >= 11 is 12.4. The van der Waals surface area contributed by atoms with E-state index in [9.17, 15) is 9.59 Å². The van der Waals surface area contributed by atoms with E-state index in [1.807, 2.05) is 0 Å². The number of carbonyl (C=O) groups excluding carboxylic acids is 2. The molecule has 6 nitrogen and oxygen atoms in total. The second-order valence-electron chi connectivity index (χ2n) is 6.82. The lowest BCUT2D eigenvalue weighted by molar-refractivity contribution is 0.0971. The number of halogens is 2. The zero-order valence-electron chi connectivity index (χ0n) is 15.7. The van der Waals surface area contributed by atoms with Crippen LogP contribution < -0.4 is 0 Å². The van der Waals surface area contributed by atoms with Crippen molar-refractivity contribution >= 4 is 46.2 Å². The average molecular weight is 439 g/mol. The van der Waals surface area contributed by atoms with Crippen LogP contribution in [0.4, 0.5) is 0 Å². The van der Waals surface area contributed by atoms with Crippen LogP contribution in [0.5, 0.6) is 0 Å². The number of Topliss-reactive ketones (excluding diaryl/α,β-unsaturated/α-hetero) is 2. The summed E-state index contributed by atoms with van der Waals surface area (Å²) in [7, 11) is 0. The van der Waals surface area contributed by atoms with Crippen LogP contribution in [0.3, 0.4) is 0 Å². The number of nitrogens with zero attached hydrogens (tertiary/aromatic N) is 4. The Hall–Kier alpha value is -2.96. The SMILES string of the molecule is O=C(CC1=NC2=CC(Cl)C(Cl)=CC2=NC1CC(=O)c1ccncc1)c1ccncc1. The van der Waals surface area contributed by atoms with Gasteiger partial charge in [0.05, 0.1) is 35.0 Å². The van der Waals surface area contributed by atoms with Gasteiger partial charge in [-0.2, -0.15) is 0 Å². The number of aromatic nitrogens is 2. The summed E-state index contributed by atoms with van der Waals surface area (Å²) in [6, 6.07) is 6.02. The molecule has 0 radical (unpaired) electrons. The molecule has 0 N–H and O–H groups in total. The van der Waals surface area contributed by atoms with Crippen LogP contribution in [0.25, 0.3) is 0 Å². The van der Waals surface area contributed by atoms with Crippen LogP contribution in [-0.4, -0.2) is 44.4 Å². The predicted octanol–water partition coefficient (Wildman–Crippen LogP) is 4.21. The molecular weight excluding hydrogens is 423 g/mol. The predicted molar refractivity (Wildman–Crippen MR) is 117 cm³/mol. The highest BCUT2D eigenvalue weighted by atomic mass is 35.5. The standard InChI is InChI=1S/C22H16Cl2N4O2/c23-15-9-17-18(10-16(15)24)28-20(12-22(30)14-3-7-26-8-4-14)19(27-17)11-21(29)13-1-5-25-6-2-13/h1-10,15,20H,11-12H2. The quantitative estimate of drug-likeness (QED) is 0.499. The Balaban J connectivity index is 1.64. The van der Waals surface area contributed by atoms with E-state index in [2.05, 4.69) is 20.0 Å². The molecule has 2 atom stereocenters. The third kappa shape index (κ3) is 4.45. The third-order valence-electron chi connectivity index (χ3n) is 4.77. The Morgan fingerprint density at radius 1 is 0.933 bits per heavy atom. The molecule has 0 saturated heterocycles. The first-order chi connectivity index (χ1) is 14.5. The molecule has 0 aromatic carbocycles. The normalized spacial score (nSPS) is 20.3. The van der Waals surface area contributed by atoms with Gasteiger partial charge >= 0.3 is 0 Å². The Bertz CT molecular complexity index is 1110. The van der Waals surface area contributed by atoms with E-state index in [0.717, 1.165) is 0 Å². The molecule has 0 spiro atoms. The molecule has 1 aliphatic carbocycles. The van der Waals surface area contributed by atoms with E-state index in [0.29, 0.717) is 33.3 Å². The lowest BCUT2D eigenvalue weighted by Crippen LogP contribution is -2.31. The summed E-state index contributed by atoms with van der Waals surface area (Å²) in [5.74, 6) is -0.229. The van der Waals surface area contributed by atoms with Gasteiger partial charge in [-0.25, -0.2) is 0 Å². The van der Waals surface area contributed by atoms with Crippen molar-refractivity contribution in [1.82, 2.24) is 9.97 Å². The molecule has 3 heterocycles. The lowest BCUT2D eigenvalue weighted by atomic mass is 9.94. The number of fused-ring (bicyclic) bond motifs is 1. The van der Waals surface area contributed by atoms with Crippen LogP contribution in [0.2, 0.25) is 0 Å². The first-order valence-corrected chi connectivity index (χ1v) is 10.1. The van der Waals surface area contributed by atoms with E-state index in [1.165, 1.54) is 0 Å². The summed E-state index contributed by atoms with van der Waals surface area (Å²) < 4.78 is 0. The van der Waals surface area contributed by atoms with Crippen molar-refractivity contribution in [3.05, 3.63) is 83.1 Å². The van der Waals surface area contributed by atoms with E-state index in [-0.39, 0.29) is 24.4 Å². The fourth-order valence-electron chi connectivity index (χ4n) is 3.21. The smallest absolute Gasteiger partial charge is 0.168 e. The van der Waals surface area contributed by atoms with Gasteiger partial charge in [-0.05, 0) is 36.4 Å². The van der Waals surface area contributed by atoms with Gasteiger partial charge < -0.3 is 0 Å². The molecule has 1 aliphatic heterocycles. The highest BCUT2D eigenvalue weighted by molar-refractivity contribution is 6.41. The third-order valence-corrected chi connectivity index (χ3v) is 5.59. The molecule has 0 bridgehead atoms. The van der Waals surface area contributed by atoms with E-state index >= 15 is 0 Å². The fraction of sp³-hybridized carbons (Fsp3) is 0.182. The number of carbonyl (C=O) groups is 2. The minimum Gasteiger partial charge on any atom is -0.294 e. The number of allylic oxidation sites excluding steroid dienone is 3. The highest BCUT2D eigenvalue weighted by Gasteiger charge is 2.29. The summed E-state index contributed by atoms with van der Waals surface area (Å²) in [6.07, 6.45) is 9.72. The van der Waals surface area contributed by atoms with Crippen molar-refractivity contribution in [2.24, 2.45) is 9.98 Å². The second kappa shape index (κ2) is 8.81.